The summed E-state index contributed by atoms with van der Waals surface area (Å²) < 4.78 is 1.77. The number of thiophene rings is 1. The molecule has 6 nitrogen and oxygen atoms in total. The highest BCUT2D eigenvalue weighted by Crippen LogP contribution is 2.34. The first-order valence-corrected chi connectivity index (χ1v) is 9.32. The Kier molecular flexibility index (Phi) is 4.60. The number of hydrogen-bond acceptors (Lipinski definition) is 6. The van der Waals surface area contributed by atoms with Crippen LogP contribution in [0.1, 0.15) is 21.8 Å². The van der Waals surface area contributed by atoms with Gasteiger partial charge in [0.05, 0.1) is 22.8 Å². The molecule has 3 rings (SSSR count). The number of aryl methyl sites for hydroxylation is 4. The number of carbonyl (C=O) groups excluding carboxylic acids is 1. The minimum absolute atomic E-state index is 0.0597. The first kappa shape index (κ1) is 16.9. The number of amides is 1. The van der Waals surface area contributed by atoms with E-state index < -0.39 is 0 Å². The Balaban J connectivity index is 1.75. The van der Waals surface area contributed by atoms with Crippen molar-refractivity contribution in [1.82, 2.24) is 19.7 Å². The zero-order chi connectivity index (χ0) is 17.4. The average molecular weight is 361 g/mol. The Labute approximate surface area is 148 Å². The number of carbonyl (C=O) groups is 1. The molecule has 1 N–H and O–H groups in total. The summed E-state index contributed by atoms with van der Waals surface area (Å²) in [6, 6.07) is 0. The molecule has 0 saturated heterocycles. The van der Waals surface area contributed by atoms with Crippen molar-refractivity contribution < 1.29 is 4.79 Å². The van der Waals surface area contributed by atoms with E-state index in [4.69, 9.17) is 0 Å². The molecule has 126 valence electrons. The molecule has 0 bridgehead atoms. The summed E-state index contributed by atoms with van der Waals surface area (Å²) in [7, 11) is 1.87. The fourth-order valence-corrected chi connectivity index (χ4v) is 4.44. The predicted molar refractivity (Wildman–Crippen MR) is 98.9 cm³/mol. The van der Waals surface area contributed by atoms with E-state index in [1.807, 2.05) is 20.9 Å². The molecule has 0 radical (unpaired) electrons. The van der Waals surface area contributed by atoms with Crippen LogP contribution >= 0.6 is 23.1 Å². The Bertz CT molecular complexity index is 928. The van der Waals surface area contributed by atoms with Crippen molar-refractivity contribution in [2.45, 2.75) is 32.7 Å². The molecule has 0 unspecified atom stereocenters. The molecule has 0 aliphatic heterocycles. The fraction of sp³-hybridized carbons (Fsp3) is 0.375. The summed E-state index contributed by atoms with van der Waals surface area (Å²) in [5.41, 5.74) is 3.75. The van der Waals surface area contributed by atoms with E-state index in [9.17, 15) is 4.79 Å². The lowest BCUT2D eigenvalue weighted by Crippen LogP contribution is -2.15. The van der Waals surface area contributed by atoms with Crippen molar-refractivity contribution >= 4 is 44.9 Å². The maximum Gasteiger partial charge on any atom is 0.234 e. The van der Waals surface area contributed by atoms with Gasteiger partial charge in [-0.1, -0.05) is 11.8 Å². The third-order valence-electron chi connectivity index (χ3n) is 4.04. The topological polar surface area (TPSA) is 72.7 Å². The smallest absolute Gasteiger partial charge is 0.234 e. The van der Waals surface area contributed by atoms with Crippen molar-refractivity contribution in [3.8, 4) is 0 Å². The highest BCUT2D eigenvalue weighted by atomic mass is 32.2. The van der Waals surface area contributed by atoms with Crippen LogP contribution in [0, 0.1) is 27.7 Å². The number of hydrogen-bond donors (Lipinski definition) is 1. The quantitative estimate of drug-likeness (QED) is 0.570. The summed E-state index contributed by atoms with van der Waals surface area (Å²) >= 11 is 3.10. The summed E-state index contributed by atoms with van der Waals surface area (Å²) in [6.07, 6.45) is 1.56. The second-order valence-corrected chi connectivity index (χ2v) is 7.82. The lowest BCUT2D eigenvalue weighted by atomic mass is 10.2. The van der Waals surface area contributed by atoms with Crippen LogP contribution in [-0.4, -0.2) is 31.4 Å². The highest BCUT2D eigenvalue weighted by Gasteiger charge is 2.16. The molecule has 3 heterocycles. The lowest BCUT2D eigenvalue weighted by Gasteiger charge is -2.06. The zero-order valence-electron chi connectivity index (χ0n) is 14.3. The molecule has 0 aliphatic rings. The van der Waals surface area contributed by atoms with Crippen LogP contribution in [0.5, 0.6) is 0 Å². The lowest BCUT2D eigenvalue weighted by molar-refractivity contribution is -0.113. The van der Waals surface area contributed by atoms with Crippen LogP contribution in [0.25, 0.3) is 10.2 Å². The van der Waals surface area contributed by atoms with Gasteiger partial charge in [-0.15, -0.1) is 11.3 Å². The maximum absolute atomic E-state index is 12.3. The normalized spacial score (nSPS) is 11.2. The molecule has 3 aromatic rings. The number of fused-ring (bicyclic) bond motifs is 1. The Morgan fingerprint density at radius 1 is 1.29 bits per heavy atom. The van der Waals surface area contributed by atoms with E-state index >= 15 is 0 Å². The summed E-state index contributed by atoms with van der Waals surface area (Å²) in [4.78, 5) is 23.2. The van der Waals surface area contributed by atoms with Crippen LogP contribution in [0.2, 0.25) is 0 Å². The third kappa shape index (κ3) is 3.03. The largest absolute Gasteiger partial charge is 0.322 e. The van der Waals surface area contributed by atoms with Crippen molar-refractivity contribution in [3.05, 3.63) is 28.2 Å². The van der Waals surface area contributed by atoms with Gasteiger partial charge < -0.3 is 5.32 Å². The summed E-state index contributed by atoms with van der Waals surface area (Å²) in [6.45, 7) is 7.98. The Morgan fingerprint density at radius 2 is 2.04 bits per heavy atom. The molecular formula is C16H19N5OS2. The molecule has 0 saturated carbocycles. The van der Waals surface area contributed by atoms with Gasteiger partial charge in [-0.05, 0) is 33.3 Å². The molecule has 0 aliphatic carbocycles. The van der Waals surface area contributed by atoms with Crippen LogP contribution in [0.4, 0.5) is 5.69 Å². The Morgan fingerprint density at radius 3 is 2.71 bits per heavy atom. The van der Waals surface area contributed by atoms with Gasteiger partial charge in [0.2, 0.25) is 5.91 Å². The number of nitrogens with one attached hydrogen (secondary N) is 1. The molecule has 3 aromatic heterocycles. The van der Waals surface area contributed by atoms with Gasteiger partial charge in [0.1, 0.15) is 16.2 Å². The van der Waals surface area contributed by atoms with Gasteiger partial charge >= 0.3 is 0 Å². The number of aromatic nitrogens is 4. The second-order valence-electron chi connectivity index (χ2n) is 5.65. The van der Waals surface area contributed by atoms with E-state index in [2.05, 4.69) is 34.2 Å². The highest BCUT2D eigenvalue weighted by molar-refractivity contribution is 8.00. The van der Waals surface area contributed by atoms with E-state index in [1.54, 1.807) is 22.3 Å². The van der Waals surface area contributed by atoms with Crippen molar-refractivity contribution in [1.29, 1.82) is 0 Å². The van der Waals surface area contributed by atoms with Crippen molar-refractivity contribution in [2.75, 3.05) is 11.1 Å². The molecule has 0 fully saturated rings. The van der Waals surface area contributed by atoms with Crippen LogP contribution in [0.15, 0.2) is 11.4 Å². The third-order valence-corrected chi connectivity index (χ3v) is 6.15. The minimum Gasteiger partial charge on any atom is -0.322 e. The number of anilines is 1. The first-order chi connectivity index (χ1) is 11.4. The van der Waals surface area contributed by atoms with E-state index in [-0.39, 0.29) is 5.91 Å². The van der Waals surface area contributed by atoms with Gasteiger partial charge in [-0.25, -0.2) is 9.97 Å². The van der Waals surface area contributed by atoms with Crippen LogP contribution < -0.4 is 5.32 Å². The maximum atomic E-state index is 12.3. The molecular weight excluding hydrogens is 342 g/mol. The van der Waals surface area contributed by atoms with Gasteiger partial charge in [0.25, 0.3) is 0 Å². The van der Waals surface area contributed by atoms with Gasteiger partial charge in [-0.2, -0.15) is 5.10 Å². The second kappa shape index (κ2) is 6.52. The number of rotatable bonds is 4. The predicted octanol–water partition coefficient (Wildman–Crippen LogP) is 3.39. The average Bonchev–Trinajstić information content (AvgIpc) is 2.96. The molecule has 0 spiro atoms. The van der Waals surface area contributed by atoms with Crippen molar-refractivity contribution in [2.24, 2.45) is 7.05 Å². The number of nitrogens with zero attached hydrogens (tertiary/aromatic N) is 4. The van der Waals surface area contributed by atoms with Gasteiger partial charge in [-0.3, -0.25) is 9.48 Å². The molecule has 0 atom stereocenters. The van der Waals surface area contributed by atoms with E-state index in [1.165, 1.54) is 22.2 Å². The fourth-order valence-electron chi connectivity index (χ4n) is 2.52. The standard InChI is InChI=1S/C16H19N5OS2/c1-8-11(4)24-16-13(8)15(17-7-18-16)23-6-12(22)19-14-9(2)20-21(5)10(14)3/h7H,6H2,1-5H3,(H,19,22). The minimum atomic E-state index is -0.0597. The van der Waals surface area contributed by atoms with Gasteiger partial charge in [0.15, 0.2) is 0 Å². The summed E-state index contributed by atoms with van der Waals surface area (Å²) in [5.74, 6) is 0.240. The van der Waals surface area contributed by atoms with Crippen molar-refractivity contribution in [3.63, 3.8) is 0 Å². The number of thioether (sulfide) groups is 1. The Hall–Kier alpha value is -1.93. The zero-order valence-corrected chi connectivity index (χ0v) is 15.9. The molecule has 24 heavy (non-hydrogen) atoms. The summed E-state index contributed by atoms with van der Waals surface area (Å²) in [5, 5.41) is 9.19. The van der Waals surface area contributed by atoms with Crippen LogP contribution in [-0.2, 0) is 11.8 Å². The molecule has 0 aromatic carbocycles. The molecule has 8 heteroatoms. The van der Waals surface area contributed by atoms with E-state index in [0.717, 1.165) is 32.3 Å². The van der Waals surface area contributed by atoms with E-state index in [0.29, 0.717) is 5.75 Å². The van der Waals surface area contributed by atoms with Crippen LogP contribution in [0.3, 0.4) is 0 Å². The first-order valence-electron chi connectivity index (χ1n) is 7.52. The molecule has 1 amide bonds. The SMILES string of the molecule is Cc1nn(C)c(C)c1NC(=O)CSc1ncnc2sc(C)c(C)c12. The monoisotopic (exact) mass is 361 g/mol. The van der Waals surface area contributed by atoms with Gasteiger partial charge in [0, 0.05) is 17.3 Å².